The van der Waals surface area contributed by atoms with Crippen molar-refractivity contribution in [3.05, 3.63) is 0 Å². The Hall–Kier alpha value is -0.610. The number of nitrogens with zero attached hydrogens (tertiary/aromatic N) is 1. The molecule has 0 aromatic rings. The van der Waals surface area contributed by atoms with Crippen LogP contribution in [-0.4, -0.2) is 50.5 Å². The summed E-state index contributed by atoms with van der Waals surface area (Å²) in [6.45, 7) is 6.16. The molecule has 0 aromatic carbocycles. The highest BCUT2D eigenvalue weighted by atomic mass is 16.5. The summed E-state index contributed by atoms with van der Waals surface area (Å²) in [6, 6.07) is 0. The van der Waals surface area contributed by atoms with E-state index in [1.54, 1.807) is 0 Å². The third-order valence-electron chi connectivity index (χ3n) is 4.57. The standard InChI is InChI=1S/C18H36NO3/c1-3-4-5-6-7-8-9-10-11-12-18(20)22-17-19(2)13-15-21-16-14-19/h3-17H2,1-2H3/q+1. The molecule has 130 valence electrons. The number of hydrogen-bond acceptors (Lipinski definition) is 3. The molecule has 0 bridgehead atoms. The zero-order chi connectivity index (χ0) is 16.1. The van der Waals surface area contributed by atoms with Crippen molar-refractivity contribution < 1.29 is 18.8 Å². The van der Waals surface area contributed by atoms with Crippen molar-refractivity contribution in [2.75, 3.05) is 40.1 Å². The van der Waals surface area contributed by atoms with Gasteiger partial charge < -0.3 is 9.47 Å². The number of likely N-dealkylation sites (N-methyl/N-ethyl adjacent to an activating group) is 1. The lowest BCUT2D eigenvalue weighted by molar-refractivity contribution is -0.932. The molecule has 0 spiro atoms. The molecule has 22 heavy (non-hydrogen) atoms. The van der Waals surface area contributed by atoms with Gasteiger partial charge in [-0.15, -0.1) is 0 Å². The second kappa shape index (κ2) is 11.9. The predicted octanol–water partition coefficient (Wildman–Crippen LogP) is 3.88. The van der Waals surface area contributed by atoms with E-state index in [1.807, 2.05) is 0 Å². The second-order valence-corrected chi connectivity index (χ2v) is 6.90. The minimum absolute atomic E-state index is 0.0335. The lowest BCUT2D eigenvalue weighted by Gasteiger charge is -2.36. The number of quaternary nitrogens is 1. The average Bonchev–Trinajstić information content (AvgIpc) is 2.52. The number of esters is 1. The molecule has 0 atom stereocenters. The van der Waals surface area contributed by atoms with Gasteiger partial charge in [0.15, 0.2) is 0 Å². The quantitative estimate of drug-likeness (QED) is 0.311. The van der Waals surface area contributed by atoms with Crippen LogP contribution in [0.25, 0.3) is 0 Å². The van der Waals surface area contributed by atoms with Gasteiger partial charge in [0.25, 0.3) is 0 Å². The van der Waals surface area contributed by atoms with Gasteiger partial charge in [-0.1, -0.05) is 58.3 Å². The first kappa shape index (κ1) is 19.4. The van der Waals surface area contributed by atoms with Crippen molar-refractivity contribution in [1.29, 1.82) is 0 Å². The number of carbonyl (C=O) groups is 1. The largest absolute Gasteiger partial charge is 0.415 e. The Morgan fingerprint density at radius 1 is 0.955 bits per heavy atom. The minimum Gasteiger partial charge on any atom is -0.415 e. The van der Waals surface area contributed by atoms with Crippen LogP contribution in [0, 0.1) is 0 Å². The predicted molar refractivity (Wildman–Crippen MR) is 89.5 cm³/mol. The van der Waals surface area contributed by atoms with Gasteiger partial charge in [0.05, 0.1) is 20.3 Å². The van der Waals surface area contributed by atoms with Crippen LogP contribution in [0.2, 0.25) is 0 Å². The normalized spacial score (nSPS) is 17.4. The van der Waals surface area contributed by atoms with Gasteiger partial charge in [0.1, 0.15) is 13.1 Å². The molecule has 0 amide bonds. The van der Waals surface area contributed by atoms with E-state index in [4.69, 9.17) is 9.47 Å². The number of rotatable bonds is 12. The van der Waals surface area contributed by atoms with Crippen LogP contribution in [0.15, 0.2) is 0 Å². The molecule has 0 N–H and O–H groups in total. The lowest BCUT2D eigenvalue weighted by Crippen LogP contribution is -2.53. The van der Waals surface area contributed by atoms with Gasteiger partial charge in [0, 0.05) is 6.42 Å². The number of carbonyl (C=O) groups excluding carboxylic acids is 1. The number of unbranched alkanes of at least 4 members (excludes halogenated alkanes) is 8. The molecule has 1 aliphatic rings. The zero-order valence-corrected chi connectivity index (χ0v) is 14.8. The lowest BCUT2D eigenvalue weighted by atomic mass is 10.1. The van der Waals surface area contributed by atoms with Crippen LogP contribution in [0.5, 0.6) is 0 Å². The van der Waals surface area contributed by atoms with Crippen molar-refractivity contribution in [3.63, 3.8) is 0 Å². The summed E-state index contributed by atoms with van der Waals surface area (Å²) in [5, 5.41) is 0. The van der Waals surface area contributed by atoms with E-state index in [1.165, 1.54) is 44.9 Å². The Labute approximate surface area is 136 Å². The van der Waals surface area contributed by atoms with Gasteiger partial charge in [-0.3, -0.25) is 9.28 Å². The van der Waals surface area contributed by atoms with Crippen LogP contribution in [0.1, 0.15) is 71.1 Å². The molecule has 1 heterocycles. The minimum atomic E-state index is -0.0335. The smallest absolute Gasteiger partial charge is 0.310 e. The third kappa shape index (κ3) is 9.42. The Kier molecular flexibility index (Phi) is 10.5. The molecule has 0 aliphatic carbocycles. The molecule has 1 aliphatic heterocycles. The van der Waals surface area contributed by atoms with E-state index in [2.05, 4.69) is 14.0 Å². The monoisotopic (exact) mass is 314 g/mol. The molecule has 0 saturated carbocycles. The fourth-order valence-electron chi connectivity index (χ4n) is 2.79. The van der Waals surface area contributed by atoms with Crippen molar-refractivity contribution in [2.24, 2.45) is 0 Å². The van der Waals surface area contributed by atoms with Gasteiger partial charge in [-0.2, -0.15) is 0 Å². The van der Waals surface area contributed by atoms with Gasteiger partial charge in [-0.25, -0.2) is 0 Å². The highest BCUT2D eigenvalue weighted by Gasteiger charge is 2.26. The summed E-state index contributed by atoms with van der Waals surface area (Å²) in [5.41, 5.74) is 0. The SMILES string of the molecule is CCCCCCCCCCCC(=O)OC[N+]1(C)CCOCC1. The van der Waals surface area contributed by atoms with E-state index in [0.717, 1.165) is 43.6 Å². The van der Waals surface area contributed by atoms with E-state index < -0.39 is 0 Å². The molecule has 4 nitrogen and oxygen atoms in total. The van der Waals surface area contributed by atoms with Crippen molar-refractivity contribution >= 4 is 5.97 Å². The van der Waals surface area contributed by atoms with E-state index >= 15 is 0 Å². The van der Waals surface area contributed by atoms with Crippen molar-refractivity contribution in [3.8, 4) is 0 Å². The summed E-state index contributed by atoms with van der Waals surface area (Å²) >= 11 is 0. The Morgan fingerprint density at radius 3 is 2.09 bits per heavy atom. The highest BCUT2D eigenvalue weighted by molar-refractivity contribution is 5.69. The first-order valence-corrected chi connectivity index (χ1v) is 9.23. The van der Waals surface area contributed by atoms with Crippen molar-refractivity contribution in [2.45, 2.75) is 71.1 Å². The number of ether oxygens (including phenoxy) is 2. The molecule has 1 fully saturated rings. The zero-order valence-electron chi connectivity index (χ0n) is 14.8. The molecular formula is C18H36NO3+. The van der Waals surface area contributed by atoms with Gasteiger partial charge in [-0.05, 0) is 6.42 Å². The fourth-order valence-corrected chi connectivity index (χ4v) is 2.79. The molecule has 0 radical (unpaired) electrons. The summed E-state index contributed by atoms with van der Waals surface area (Å²) in [6.07, 6.45) is 12.1. The van der Waals surface area contributed by atoms with Gasteiger partial charge in [0.2, 0.25) is 6.73 Å². The summed E-state index contributed by atoms with van der Waals surface area (Å²) < 4.78 is 11.6. The van der Waals surface area contributed by atoms with Crippen LogP contribution >= 0.6 is 0 Å². The Bertz CT molecular complexity index is 288. The second-order valence-electron chi connectivity index (χ2n) is 6.90. The van der Waals surface area contributed by atoms with Crippen LogP contribution in [-0.2, 0) is 14.3 Å². The van der Waals surface area contributed by atoms with Crippen LogP contribution in [0.3, 0.4) is 0 Å². The third-order valence-corrected chi connectivity index (χ3v) is 4.57. The molecule has 0 unspecified atom stereocenters. The summed E-state index contributed by atoms with van der Waals surface area (Å²) in [4.78, 5) is 11.8. The molecule has 1 saturated heterocycles. The number of hydrogen-bond donors (Lipinski definition) is 0. The highest BCUT2D eigenvalue weighted by Crippen LogP contribution is 2.12. The van der Waals surface area contributed by atoms with Crippen LogP contribution < -0.4 is 0 Å². The average molecular weight is 314 g/mol. The fraction of sp³-hybridized carbons (Fsp3) is 0.944. The van der Waals surface area contributed by atoms with E-state index in [9.17, 15) is 4.79 Å². The molecule has 4 heteroatoms. The molecular weight excluding hydrogens is 278 g/mol. The Balaban J connectivity index is 1.91. The first-order chi connectivity index (χ1) is 10.7. The van der Waals surface area contributed by atoms with Gasteiger partial charge >= 0.3 is 5.97 Å². The number of morpholine rings is 1. The molecule has 0 aromatic heterocycles. The first-order valence-electron chi connectivity index (χ1n) is 9.23. The van der Waals surface area contributed by atoms with E-state index in [-0.39, 0.29) is 5.97 Å². The maximum atomic E-state index is 11.8. The maximum absolute atomic E-state index is 11.8. The van der Waals surface area contributed by atoms with E-state index in [0.29, 0.717) is 13.2 Å². The van der Waals surface area contributed by atoms with Crippen LogP contribution in [0.4, 0.5) is 0 Å². The summed E-state index contributed by atoms with van der Waals surface area (Å²) in [7, 11) is 2.13. The summed E-state index contributed by atoms with van der Waals surface area (Å²) in [5.74, 6) is -0.0335. The topological polar surface area (TPSA) is 35.5 Å². The Morgan fingerprint density at radius 2 is 1.50 bits per heavy atom. The molecule has 1 rings (SSSR count). The maximum Gasteiger partial charge on any atom is 0.310 e. The van der Waals surface area contributed by atoms with Crippen molar-refractivity contribution in [1.82, 2.24) is 0 Å².